The van der Waals surface area contributed by atoms with E-state index in [1.807, 2.05) is 0 Å². The van der Waals surface area contributed by atoms with Crippen LogP contribution in [0.2, 0.25) is 0 Å². The Morgan fingerprint density at radius 3 is 2.73 bits per heavy atom. The quantitative estimate of drug-likeness (QED) is 0.520. The molecule has 3 rings (SSSR count). The Morgan fingerprint density at radius 2 is 2.03 bits per heavy atom. The number of terminal acetylenes is 1. The SMILES string of the molecule is C#CCOc1ccc(C=CC(=O)Nc2ccccc2C(=O)NC2COC2)cc1OC. The summed E-state index contributed by atoms with van der Waals surface area (Å²) in [6.07, 6.45) is 8.22. The monoisotopic (exact) mass is 406 g/mol. The van der Waals surface area contributed by atoms with Crippen molar-refractivity contribution in [3.8, 4) is 23.8 Å². The van der Waals surface area contributed by atoms with E-state index in [0.717, 1.165) is 5.56 Å². The van der Waals surface area contributed by atoms with Crippen molar-refractivity contribution in [1.29, 1.82) is 0 Å². The maximum absolute atomic E-state index is 12.4. The fraction of sp³-hybridized carbons (Fsp3) is 0.217. The Labute approximate surface area is 175 Å². The number of ether oxygens (including phenoxy) is 3. The first-order chi connectivity index (χ1) is 14.6. The molecule has 7 nitrogen and oxygen atoms in total. The second-order valence-corrected chi connectivity index (χ2v) is 6.48. The fourth-order valence-corrected chi connectivity index (χ4v) is 2.75. The molecular formula is C23H22N2O5. The lowest BCUT2D eigenvalue weighted by Crippen LogP contribution is -2.48. The first kappa shape index (κ1) is 21.0. The Hall–Kier alpha value is -3.76. The molecule has 0 aromatic heterocycles. The topological polar surface area (TPSA) is 85.9 Å². The number of benzene rings is 2. The van der Waals surface area contributed by atoms with Crippen LogP contribution in [0.15, 0.2) is 48.5 Å². The molecule has 7 heteroatoms. The largest absolute Gasteiger partial charge is 0.493 e. The highest BCUT2D eigenvalue weighted by Gasteiger charge is 2.22. The molecule has 0 aliphatic carbocycles. The zero-order chi connectivity index (χ0) is 21.3. The summed E-state index contributed by atoms with van der Waals surface area (Å²) < 4.78 is 15.8. The van der Waals surface area contributed by atoms with E-state index in [2.05, 4.69) is 16.6 Å². The maximum Gasteiger partial charge on any atom is 0.253 e. The Balaban J connectivity index is 1.66. The van der Waals surface area contributed by atoms with Crippen molar-refractivity contribution in [2.75, 3.05) is 32.2 Å². The molecule has 1 heterocycles. The number of hydrogen-bond acceptors (Lipinski definition) is 5. The molecule has 2 aromatic rings. The van der Waals surface area contributed by atoms with Crippen LogP contribution in [0.1, 0.15) is 15.9 Å². The second kappa shape index (κ2) is 10.1. The number of methoxy groups -OCH3 is 1. The molecule has 0 saturated carbocycles. The van der Waals surface area contributed by atoms with Crippen molar-refractivity contribution in [2.45, 2.75) is 6.04 Å². The summed E-state index contributed by atoms with van der Waals surface area (Å²) in [5, 5.41) is 5.61. The predicted octanol–water partition coefficient (Wildman–Crippen LogP) is 2.49. The molecule has 0 unspecified atom stereocenters. The first-order valence-electron chi connectivity index (χ1n) is 9.31. The third kappa shape index (κ3) is 5.40. The van der Waals surface area contributed by atoms with Crippen molar-refractivity contribution < 1.29 is 23.8 Å². The minimum absolute atomic E-state index is 0.00344. The highest BCUT2D eigenvalue weighted by Crippen LogP contribution is 2.28. The molecule has 1 fully saturated rings. The molecule has 2 aromatic carbocycles. The number of anilines is 1. The fourth-order valence-electron chi connectivity index (χ4n) is 2.75. The van der Waals surface area contributed by atoms with E-state index >= 15 is 0 Å². The minimum atomic E-state index is -0.367. The van der Waals surface area contributed by atoms with Gasteiger partial charge in [0.2, 0.25) is 5.91 Å². The molecule has 0 bridgehead atoms. The highest BCUT2D eigenvalue weighted by molar-refractivity contribution is 6.07. The van der Waals surface area contributed by atoms with Gasteiger partial charge in [-0.3, -0.25) is 9.59 Å². The van der Waals surface area contributed by atoms with Crippen molar-refractivity contribution in [2.24, 2.45) is 0 Å². The van der Waals surface area contributed by atoms with Gasteiger partial charge in [-0.15, -0.1) is 6.42 Å². The van der Waals surface area contributed by atoms with E-state index < -0.39 is 0 Å². The van der Waals surface area contributed by atoms with E-state index in [0.29, 0.717) is 36.0 Å². The van der Waals surface area contributed by atoms with Crippen molar-refractivity contribution in [1.82, 2.24) is 5.32 Å². The van der Waals surface area contributed by atoms with Gasteiger partial charge >= 0.3 is 0 Å². The average molecular weight is 406 g/mol. The maximum atomic E-state index is 12.4. The number of hydrogen-bond donors (Lipinski definition) is 2. The zero-order valence-corrected chi connectivity index (χ0v) is 16.5. The molecule has 154 valence electrons. The van der Waals surface area contributed by atoms with Crippen LogP contribution in [-0.4, -0.2) is 44.8 Å². The minimum Gasteiger partial charge on any atom is -0.493 e. The van der Waals surface area contributed by atoms with Crippen LogP contribution in [0.5, 0.6) is 11.5 Å². The normalized spacial score (nSPS) is 13.2. The molecule has 1 aliphatic rings. The van der Waals surface area contributed by atoms with Crippen LogP contribution >= 0.6 is 0 Å². The van der Waals surface area contributed by atoms with Crippen molar-refractivity contribution in [3.05, 3.63) is 59.7 Å². The van der Waals surface area contributed by atoms with Crippen molar-refractivity contribution >= 4 is 23.6 Å². The summed E-state index contributed by atoms with van der Waals surface area (Å²) in [4.78, 5) is 24.8. The summed E-state index contributed by atoms with van der Waals surface area (Å²) in [6.45, 7) is 1.13. The average Bonchev–Trinajstić information content (AvgIpc) is 2.73. The van der Waals surface area contributed by atoms with Crippen LogP contribution in [-0.2, 0) is 9.53 Å². The molecule has 1 saturated heterocycles. The van der Waals surface area contributed by atoms with Crippen LogP contribution in [0.25, 0.3) is 6.08 Å². The van der Waals surface area contributed by atoms with Gasteiger partial charge in [-0.25, -0.2) is 0 Å². The lowest BCUT2D eigenvalue weighted by atomic mass is 10.1. The molecular weight excluding hydrogens is 384 g/mol. The van der Waals surface area contributed by atoms with Gasteiger partial charge < -0.3 is 24.8 Å². The predicted molar refractivity (Wildman–Crippen MR) is 114 cm³/mol. The van der Waals surface area contributed by atoms with Gasteiger partial charge in [-0.05, 0) is 35.9 Å². The Morgan fingerprint density at radius 1 is 1.23 bits per heavy atom. The lowest BCUT2D eigenvalue weighted by Gasteiger charge is -2.27. The highest BCUT2D eigenvalue weighted by atomic mass is 16.5. The van der Waals surface area contributed by atoms with E-state index in [1.54, 1.807) is 48.5 Å². The standard InChI is InChI=1S/C23H22N2O5/c1-3-12-30-20-10-8-16(13-21(20)28-2)9-11-22(26)25-19-7-5-4-6-18(19)23(27)24-17-14-29-15-17/h1,4-11,13,17H,12,14-15H2,2H3,(H,24,27)(H,25,26). The molecule has 2 amide bonds. The number of carbonyl (C=O) groups excluding carboxylic acids is 2. The van der Waals surface area contributed by atoms with E-state index in [-0.39, 0.29) is 24.5 Å². The number of amides is 2. The summed E-state index contributed by atoms with van der Waals surface area (Å²) in [5.41, 5.74) is 1.56. The summed E-state index contributed by atoms with van der Waals surface area (Å²) in [7, 11) is 1.52. The summed E-state index contributed by atoms with van der Waals surface area (Å²) in [5.74, 6) is 2.81. The molecule has 30 heavy (non-hydrogen) atoms. The molecule has 1 aliphatic heterocycles. The van der Waals surface area contributed by atoms with Crippen LogP contribution < -0.4 is 20.1 Å². The van der Waals surface area contributed by atoms with Gasteiger partial charge in [0.05, 0.1) is 37.6 Å². The molecule has 0 spiro atoms. The third-order valence-electron chi connectivity index (χ3n) is 4.33. The van der Waals surface area contributed by atoms with Gasteiger partial charge in [0.25, 0.3) is 5.91 Å². The number of para-hydroxylation sites is 1. The van der Waals surface area contributed by atoms with Gasteiger partial charge in [-0.1, -0.05) is 24.1 Å². The second-order valence-electron chi connectivity index (χ2n) is 6.48. The van der Waals surface area contributed by atoms with Gasteiger partial charge in [-0.2, -0.15) is 0 Å². The third-order valence-corrected chi connectivity index (χ3v) is 4.33. The van der Waals surface area contributed by atoms with E-state index in [9.17, 15) is 9.59 Å². The van der Waals surface area contributed by atoms with Crippen LogP contribution in [0.3, 0.4) is 0 Å². The van der Waals surface area contributed by atoms with Crippen LogP contribution in [0, 0.1) is 12.3 Å². The summed E-state index contributed by atoms with van der Waals surface area (Å²) in [6, 6.07) is 12.1. The van der Waals surface area contributed by atoms with Gasteiger partial charge in [0.1, 0.15) is 6.61 Å². The van der Waals surface area contributed by atoms with Crippen molar-refractivity contribution in [3.63, 3.8) is 0 Å². The zero-order valence-electron chi connectivity index (χ0n) is 16.5. The molecule has 0 radical (unpaired) electrons. The van der Waals surface area contributed by atoms with E-state index in [4.69, 9.17) is 20.6 Å². The van der Waals surface area contributed by atoms with E-state index in [1.165, 1.54) is 13.2 Å². The molecule has 2 N–H and O–H groups in total. The van der Waals surface area contributed by atoms with Gasteiger partial charge in [0.15, 0.2) is 11.5 Å². The first-order valence-corrected chi connectivity index (χ1v) is 9.31. The Bertz CT molecular complexity index is 989. The number of nitrogens with one attached hydrogen (secondary N) is 2. The Kier molecular flexibility index (Phi) is 7.09. The number of carbonyl (C=O) groups is 2. The lowest BCUT2D eigenvalue weighted by molar-refractivity contribution is -0.111. The smallest absolute Gasteiger partial charge is 0.253 e. The van der Waals surface area contributed by atoms with Gasteiger partial charge in [0, 0.05) is 6.08 Å². The summed E-state index contributed by atoms with van der Waals surface area (Å²) >= 11 is 0. The molecule has 0 atom stereocenters. The number of rotatable bonds is 8. The van der Waals surface area contributed by atoms with Crippen LogP contribution in [0.4, 0.5) is 5.69 Å².